The number of anilines is 1. The van der Waals surface area contributed by atoms with E-state index in [0.29, 0.717) is 22.0 Å². The molecule has 0 unspecified atom stereocenters. The molecule has 3 aromatic rings. The molecule has 7 heteroatoms. The SMILES string of the molecule is CC(=NNC(=O)c1ccccn1)c1cccc(NC(=O)c2sccc2C)c1. The first-order valence-corrected chi connectivity index (χ1v) is 9.14. The minimum atomic E-state index is -0.382. The molecular weight excluding hydrogens is 360 g/mol. The van der Waals surface area contributed by atoms with Gasteiger partial charge in [-0.1, -0.05) is 18.2 Å². The summed E-state index contributed by atoms with van der Waals surface area (Å²) in [4.78, 5) is 29.0. The molecular formula is C20H18N4O2S. The number of carbonyl (C=O) groups excluding carboxylic acids is 2. The summed E-state index contributed by atoms with van der Waals surface area (Å²) in [5.74, 6) is -0.523. The molecule has 0 saturated heterocycles. The molecule has 0 atom stereocenters. The second kappa shape index (κ2) is 8.37. The van der Waals surface area contributed by atoms with Crippen LogP contribution in [0.2, 0.25) is 0 Å². The number of aromatic nitrogens is 1. The Kier molecular flexibility index (Phi) is 5.73. The topological polar surface area (TPSA) is 83.4 Å². The summed E-state index contributed by atoms with van der Waals surface area (Å²) in [6, 6.07) is 14.3. The lowest BCUT2D eigenvalue weighted by atomic mass is 10.1. The Morgan fingerprint density at radius 2 is 1.93 bits per heavy atom. The number of hydrogen-bond acceptors (Lipinski definition) is 5. The van der Waals surface area contributed by atoms with E-state index in [1.807, 2.05) is 42.6 Å². The summed E-state index contributed by atoms with van der Waals surface area (Å²) in [7, 11) is 0. The van der Waals surface area contributed by atoms with Gasteiger partial charge in [-0.3, -0.25) is 14.6 Å². The molecule has 2 N–H and O–H groups in total. The summed E-state index contributed by atoms with van der Waals surface area (Å²) in [5.41, 5.74) is 5.79. The van der Waals surface area contributed by atoms with Crippen molar-refractivity contribution in [3.05, 3.63) is 81.8 Å². The van der Waals surface area contributed by atoms with Gasteiger partial charge in [0.05, 0.1) is 10.6 Å². The van der Waals surface area contributed by atoms with Crippen molar-refractivity contribution in [3.63, 3.8) is 0 Å². The molecule has 0 aliphatic rings. The molecule has 0 aliphatic heterocycles. The zero-order valence-electron chi connectivity index (χ0n) is 14.9. The summed E-state index contributed by atoms with van der Waals surface area (Å²) >= 11 is 1.41. The molecule has 2 aromatic heterocycles. The third-order valence-electron chi connectivity index (χ3n) is 3.83. The number of nitrogens with one attached hydrogen (secondary N) is 2. The van der Waals surface area contributed by atoms with Crippen LogP contribution in [0.3, 0.4) is 0 Å². The normalized spacial score (nSPS) is 11.1. The lowest BCUT2D eigenvalue weighted by molar-refractivity contribution is 0.0949. The molecule has 27 heavy (non-hydrogen) atoms. The average molecular weight is 378 g/mol. The first-order valence-electron chi connectivity index (χ1n) is 8.26. The van der Waals surface area contributed by atoms with E-state index in [1.54, 1.807) is 31.3 Å². The molecule has 0 bridgehead atoms. The van der Waals surface area contributed by atoms with E-state index in [0.717, 1.165) is 11.1 Å². The highest BCUT2D eigenvalue weighted by atomic mass is 32.1. The second-order valence-corrected chi connectivity index (χ2v) is 6.74. The van der Waals surface area contributed by atoms with Crippen molar-refractivity contribution < 1.29 is 9.59 Å². The van der Waals surface area contributed by atoms with Crippen LogP contribution < -0.4 is 10.7 Å². The number of thiophene rings is 1. The van der Waals surface area contributed by atoms with Gasteiger partial charge in [0.25, 0.3) is 11.8 Å². The Labute approximate surface area is 161 Å². The van der Waals surface area contributed by atoms with Gasteiger partial charge in [0.2, 0.25) is 0 Å². The Hall–Kier alpha value is -3.32. The highest BCUT2D eigenvalue weighted by Gasteiger charge is 2.11. The van der Waals surface area contributed by atoms with Gasteiger partial charge in [-0.15, -0.1) is 11.3 Å². The van der Waals surface area contributed by atoms with E-state index < -0.39 is 0 Å². The fraction of sp³-hybridized carbons (Fsp3) is 0.100. The van der Waals surface area contributed by atoms with Gasteiger partial charge in [0, 0.05) is 11.9 Å². The van der Waals surface area contributed by atoms with Crippen LogP contribution in [0.5, 0.6) is 0 Å². The van der Waals surface area contributed by atoms with E-state index in [1.165, 1.54) is 11.3 Å². The Morgan fingerprint density at radius 3 is 2.63 bits per heavy atom. The number of pyridine rings is 1. The highest BCUT2D eigenvalue weighted by Crippen LogP contribution is 2.18. The van der Waals surface area contributed by atoms with Crippen molar-refractivity contribution >= 4 is 34.6 Å². The van der Waals surface area contributed by atoms with Crippen LogP contribution in [-0.4, -0.2) is 22.5 Å². The monoisotopic (exact) mass is 378 g/mol. The van der Waals surface area contributed by atoms with Crippen molar-refractivity contribution in [2.24, 2.45) is 5.10 Å². The van der Waals surface area contributed by atoms with Gasteiger partial charge in [-0.05, 0) is 60.7 Å². The number of rotatable bonds is 5. The number of carbonyl (C=O) groups is 2. The zero-order chi connectivity index (χ0) is 19.2. The lowest BCUT2D eigenvalue weighted by Gasteiger charge is -2.07. The fourth-order valence-corrected chi connectivity index (χ4v) is 3.19. The zero-order valence-corrected chi connectivity index (χ0v) is 15.7. The Morgan fingerprint density at radius 1 is 1.07 bits per heavy atom. The number of hydrazone groups is 1. The minimum Gasteiger partial charge on any atom is -0.321 e. The third-order valence-corrected chi connectivity index (χ3v) is 4.84. The molecule has 0 saturated carbocycles. The predicted molar refractivity (Wildman–Crippen MR) is 107 cm³/mol. The summed E-state index contributed by atoms with van der Waals surface area (Å²) in [6.07, 6.45) is 1.55. The van der Waals surface area contributed by atoms with Crippen molar-refractivity contribution in [1.29, 1.82) is 0 Å². The van der Waals surface area contributed by atoms with Crippen LogP contribution in [0.25, 0.3) is 0 Å². The van der Waals surface area contributed by atoms with E-state index in [-0.39, 0.29) is 11.8 Å². The summed E-state index contributed by atoms with van der Waals surface area (Å²) < 4.78 is 0. The Bertz CT molecular complexity index is 996. The molecule has 3 rings (SSSR count). The maximum atomic E-state index is 12.4. The first kappa shape index (κ1) is 18.5. The van der Waals surface area contributed by atoms with Crippen LogP contribution in [0.4, 0.5) is 5.69 Å². The summed E-state index contributed by atoms with van der Waals surface area (Å²) in [5, 5.41) is 8.90. The fourth-order valence-electron chi connectivity index (χ4n) is 2.37. The van der Waals surface area contributed by atoms with Gasteiger partial charge in [-0.2, -0.15) is 5.10 Å². The van der Waals surface area contributed by atoms with E-state index in [2.05, 4.69) is 20.8 Å². The smallest absolute Gasteiger partial charge is 0.289 e. The van der Waals surface area contributed by atoms with Gasteiger partial charge in [0.15, 0.2) is 0 Å². The number of benzene rings is 1. The van der Waals surface area contributed by atoms with Crippen LogP contribution in [0, 0.1) is 6.92 Å². The van der Waals surface area contributed by atoms with E-state index in [4.69, 9.17) is 0 Å². The van der Waals surface area contributed by atoms with Crippen molar-refractivity contribution in [2.45, 2.75) is 13.8 Å². The molecule has 0 radical (unpaired) electrons. The molecule has 6 nitrogen and oxygen atoms in total. The lowest BCUT2D eigenvalue weighted by Crippen LogP contribution is -2.20. The quantitative estimate of drug-likeness (QED) is 0.522. The van der Waals surface area contributed by atoms with Crippen molar-refractivity contribution in [1.82, 2.24) is 10.4 Å². The molecule has 0 fully saturated rings. The second-order valence-electron chi connectivity index (χ2n) is 5.82. The molecule has 1 aromatic carbocycles. The summed E-state index contributed by atoms with van der Waals surface area (Å²) in [6.45, 7) is 3.69. The van der Waals surface area contributed by atoms with Crippen LogP contribution in [0.15, 0.2) is 65.2 Å². The first-order chi connectivity index (χ1) is 13.0. The number of nitrogens with zero attached hydrogens (tertiary/aromatic N) is 2. The molecule has 0 aliphatic carbocycles. The third kappa shape index (κ3) is 4.65. The van der Waals surface area contributed by atoms with Crippen LogP contribution in [0.1, 0.15) is 38.2 Å². The maximum absolute atomic E-state index is 12.4. The van der Waals surface area contributed by atoms with E-state index >= 15 is 0 Å². The van der Waals surface area contributed by atoms with Gasteiger partial charge in [-0.25, -0.2) is 5.43 Å². The average Bonchev–Trinajstić information content (AvgIpc) is 3.12. The van der Waals surface area contributed by atoms with Crippen LogP contribution >= 0.6 is 11.3 Å². The predicted octanol–water partition coefficient (Wildman–Crippen LogP) is 3.86. The number of amides is 2. The van der Waals surface area contributed by atoms with Crippen molar-refractivity contribution in [2.75, 3.05) is 5.32 Å². The van der Waals surface area contributed by atoms with Crippen LogP contribution in [-0.2, 0) is 0 Å². The maximum Gasteiger partial charge on any atom is 0.289 e. The van der Waals surface area contributed by atoms with Gasteiger partial charge >= 0.3 is 0 Å². The molecule has 136 valence electrons. The standard InChI is InChI=1S/C20H18N4O2S/c1-13-9-11-27-18(13)20(26)22-16-7-5-6-15(12-16)14(2)23-24-19(25)17-8-3-4-10-21-17/h3-12H,1-2H3,(H,22,26)(H,24,25). The number of aryl methyl sites for hydroxylation is 1. The molecule has 2 amide bonds. The van der Waals surface area contributed by atoms with Gasteiger partial charge < -0.3 is 5.32 Å². The van der Waals surface area contributed by atoms with Crippen molar-refractivity contribution in [3.8, 4) is 0 Å². The minimum absolute atomic E-state index is 0.141. The van der Waals surface area contributed by atoms with E-state index in [9.17, 15) is 9.59 Å². The molecule has 0 spiro atoms. The van der Waals surface area contributed by atoms with Gasteiger partial charge in [0.1, 0.15) is 5.69 Å². The Balaban J connectivity index is 1.70. The number of hydrogen-bond donors (Lipinski definition) is 2. The molecule has 2 heterocycles. The highest BCUT2D eigenvalue weighted by molar-refractivity contribution is 7.12. The largest absolute Gasteiger partial charge is 0.321 e.